The molecule has 4 heteroatoms. The fraction of sp³-hybridized carbons (Fsp3) is 0.143. The van der Waals surface area contributed by atoms with E-state index in [9.17, 15) is 4.79 Å². The van der Waals surface area contributed by atoms with Crippen LogP contribution in [0.1, 0.15) is 10.5 Å². The highest BCUT2D eigenvalue weighted by Gasteiger charge is 2.07. The predicted octanol–water partition coefficient (Wildman–Crippen LogP) is 0.0273. The number of nitrogens with zero attached hydrogens (tertiary/aromatic N) is 2. The second-order valence-electron chi connectivity index (χ2n) is 2.13. The van der Waals surface area contributed by atoms with Crippen LogP contribution in [0.25, 0.3) is 0 Å². The van der Waals surface area contributed by atoms with Crippen LogP contribution in [0.5, 0.6) is 0 Å². The molecule has 0 aromatic carbocycles. The first kappa shape index (κ1) is 7.68. The Kier molecular flexibility index (Phi) is 2.18. The summed E-state index contributed by atoms with van der Waals surface area (Å²) in [6.45, 7) is 0. The van der Waals surface area contributed by atoms with Crippen molar-refractivity contribution in [2.75, 3.05) is 7.05 Å². The lowest BCUT2D eigenvalue weighted by Crippen LogP contribution is -2.33. The van der Waals surface area contributed by atoms with E-state index in [0.29, 0.717) is 5.69 Å². The zero-order valence-corrected chi connectivity index (χ0v) is 6.19. The Morgan fingerprint density at radius 2 is 2.36 bits per heavy atom. The molecule has 0 aliphatic heterocycles. The van der Waals surface area contributed by atoms with Gasteiger partial charge < -0.3 is 0 Å². The van der Waals surface area contributed by atoms with Crippen LogP contribution in [-0.2, 0) is 0 Å². The molecule has 0 saturated heterocycles. The molecule has 0 fully saturated rings. The maximum Gasteiger partial charge on any atom is 0.286 e. The largest absolute Gasteiger partial charge is 0.286 e. The van der Waals surface area contributed by atoms with E-state index in [2.05, 4.69) is 4.98 Å². The first-order valence-corrected chi connectivity index (χ1v) is 3.15. The Morgan fingerprint density at radius 3 is 2.82 bits per heavy atom. The van der Waals surface area contributed by atoms with E-state index in [1.54, 1.807) is 24.4 Å². The molecule has 0 radical (unpaired) electrons. The molecule has 0 atom stereocenters. The number of aromatic nitrogens is 1. The number of rotatable bonds is 1. The second kappa shape index (κ2) is 3.12. The summed E-state index contributed by atoms with van der Waals surface area (Å²) in [6, 6.07) is 5.10. The summed E-state index contributed by atoms with van der Waals surface area (Å²) in [5.74, 6) is 4.93. The standard InChI is InChI=1S/C7H9N3O/c1-10(8)7(11)6-4-2-3-5-9-6/h2-5H,8H2,1H3. The van der Waals surface area contributed by atoms with Crippen LogP contribution in [0, 0.1) is 0 Å². The van der Waals surface area contributed by atoms with Gasteiger partial charge in [0.2, 0.25) is 0 Å². The molecule has 1 rings (SSSR count). The van der Waals surface area contributed by atoms with Crippen LogP contribution in [-0.4, -0.2) is 22.9 Å². The minimum atomic E-state index is -0.286. The highest BCUT2D eigenvalue weighted by molar-refractivity contribution is 5.91. The second-order valence-corrected chi connectivity index (χ2v) is 2.13. The van der Waals surface area contributed by atoms with Crippen molar-refractivity contribution in [3.63, 3.8) is 0 Å². The van der Waals surface area contributed by atoms with Gasteiger partial charge in [0.25, 0.3) is 5.91 Å². The van der Waals surface area contributed by atoms with Gasteiger partial charge in [0.1, 0.15) is 5.69 Å². The summed E-state index contributed by atoms with van der Waals surface area (Å²) in [6.07, 6.45) is 1.55. The fourth-order valence-corrected chi connectivity index (χ4v) is 0.670. The Balaban J connectivity index is 2.86. The Morgan fingerprint density at radius 1 is 1.64 bits per heavy atom. The molecule has 0 spiro atoms. The Labute approximate surface area is 64.6 Å². The summed E-state index contributed by atoms with van der Waals surface area (Å²) in [7, 11) is 1.48. The van der Waals surface area contributed by atoms with Crippen molar-refractivity contribution in [2.24, 2.45) is 5.84 Å². The van der Waals surface area contributed by atoms with E-state index >= 15 is 0 Å². The summed E-state index contributed by atoms with van der Waals surface area (Å²) in [5, 5.41) is 1.00. The minimum Gasteiger partial charge on any atom is -0.278 e. The number of carbonyl (C=O) groups is 1. The van der Waals surface area contributed by atoms with Crippen LogP contribution < -0.4 is 5.84 Å². The monoisotopic (exact) mass is 151 g/mol. The quantitative estimate of drug-likeness (QED) is 0.350. The van der Waals surface area contributed by atoms with E-state index in [4.69, 9.17) is 5.84 Å². The van der Waals surface area contributed by atoms with Gasteiger partial charge in [-0.05, 0) is 12.1 Å². The minimum absolute atomic E-state index is 0.286. The third-order valence-electron chi connectivity index (χ3n) is 1.20. The SMILES string of the molecule is CN(N)C(=O)c1ccccn1. The van der Waals surface area contributed by atoms with Crippen LogP contribution in [0.3, 0.4) is 0 Å². The van der Waals surface area contributed by atoms with Crippen molar-refractivity contribution >= 4 is 5.91 Å². The van der Waals surface area contributed by atoms with Gasteiger partial charge in [-0.1, -0.05) is 6.07 Å². The van der Waals surface area contributed by atoms with Crippen LogP contribution >= 0.6 is 0 Å². The topological polar surface area (TPSA) is 59.2 Å². The molecule has 1 heterocycles. The third kappa shape index (κ3) is 1.75. The number of carbonyl (C=O) groups excluding carboxylic acids is 1. The number of hydrogen-bond donors (Lipinski definition) is 1. The van der Waals surface area contributed by atoms with E-state index in [1.165, 1.54) is 7.05 Å². The molecular formula is C7H9N3O. The first-order valence-electron chi connectivity index (χ1n) is 3.15. The van der Waals surface area contributed by atoms with Gasteiger partial charge in [-0.2, -0.15) is 0 Å². The zero-order chi connectivity index (χ0) is 8.27. The average molecular weight is 151 g/mol. The Hall–Kier alpha value is -1.42. The molecule has 0 bridgehead atoms. The van der Waals surface area contributed by atoms with Crippen LogP contribution in [0.15, 0.2) is 24.4 Å². The molecule has 4 nitrogen and oxygen atoms in total. The molecule has 1 amide bonds. The van der Waals surface area contributed by atoms with Gasteiger partial charge in [0.15, 0.2) is 0 Å². The van der Waals surface area contributed by atoms with Crippen molar-refractivity contribution in [1.29, 1.82) is 0 Å². The molecule has 11 heavy (non-hydrogen) atoms. The molecule has 1 aromatic rings. The maximum atomic E-state index is 11.1. The predicted molar refractivity (Wildman–Crippen MR) is 40.5 cm³/mol. The lowest BCUT2D eigenvalue weighted by molar-refractivity contribution is 0.0789. The number of pyridine rings is 1. The molecule has 0 aliphatic carbocycles. The highest BCUT2D eigenvalue weighted by atomic mass is 16.2. The van der Waals surface area contributed by atoms with Crippen LogP contribution in [0.4, 0.5) is 0 Å². The van der Waals surface area contributed by atoms with Crippen molar-refractivity contribution < 1.29 is 4.79 Å². The maximum absolute atomic E-state index is 11.1. The summed E-state index contributed by atoms with van der Waals surface area (Å²) in [5.41, 5.74) is 0.359. The van der Waals surface area contributed by atoms with Crippen molar-refractivity contribution in [3.05, 3.63) is 30.1 Å². The molecule has 0 saturated carbocycles. The molecule has 0 unspecified atom stereocenters. The fourth-order valence-electron chi connectivity index (χ4n) is 0.670. The summed E-state index contributed by atoms with van der Waals surface area (Å²) < 4.78 is 0. The van der Waals surface area contributed by atoms with Gasteiger partial charge in [0, 0.05) is 13.2 Å². The normalized spacial score (nSPS) is 9.27. The number of hydrazine groups is 1. The van der Waals surface area contributed by atoms with Gasteiger partial charge in [-0.25, -0.2) is 5.84 Å². The molecule has 58 valence electrons. The molecular weight excluding hydrogens is 142 g/mol. The number of hydrogen-bond acceptors (Lipinski definition) is 3. The van der Waals surface area contributed by atoms with E-state index < -0.39 is 0 Å². The molecule has 1 aromatic heterocycles. The van der Waals surface area contributed by atoms with E-state index in [-0.39, 0.29) is 5.91 Å². The summed E-state index contributed by atoms with van der Waals surface area (Å²) in [4.78, 5) is 14.9. The highest BCUT2D eigenvalue weighted by Crippen LogP contribution is 1.94. The van der Waals surface area contributed by atoms with E-state index in [1.807, 2.05) is 0 Å². The first-order chi connectivity index (χ1) is 5.22. The van der Waals surface area contributed by atoms with Gasteiger partial charge in [-0.15, -0.1) is 0 Å². The molecule has 0 aliphatic rings. The number of nitrogens with two attached hydrogens (primary N) is 1. The van der Waals surface area contributed by atoms with Gasteiger partial charge in [-0.3, -0.25) is 14.8 Å². The summed E-state index contributed by atoms with van der Waals surface area (Å²) >= 11 is 0. The van der Waals surface area contributed by atoms with Crippen molar-refractivity contribution in [2.45, 2.75) is 0 Å². The molecule has 2 N–H and O–H groups in total. The lowest BCUT2D eigenvalue weighted by Gasteiger charge is -2.07. The smallest absolute Gasteiger partial charge is 0.278 e. The third-order valence-corrected chi connectivity index (χ3v) is 1.20. The van der Waals surface area contributed by atoms with Crippen LogP contribution in [0.2, 0.25) is 0 Å². The number of amides is 1. The van der Waals surface area contributed by atoms with Gasteiger partial charge in [0.05, 0.1) is 0 Å². The van der Waals surface area contributed by atoms with Crippen molar-refractivity contribution in [3.8, 4) is 0 Å². The zero-order valence-electron chi connectivity index (χ0n) is 6.19. The van der Waals surface area contributed by atoms with Crippen molar-refractivity contribution in [1.82, 2.24) is 9.99 Å². The van der Waals surface area contributed by atoms with Gasteiger partial charge >= 0.3 is 0 Å². The van der Waals surface area contributed by atoms with E-state index in [0.717, 1.165) is 5.01 Å². The average Bonchev–Trinajstić information content (AvgIpc) is 2.05. The Bertz CT molecular complexity index is 245. The lowest BCUT2D eigenvalue weighted by atomic mass is 10.3.